The lowest BCUT2D eigenvalue weighted by Gasteiger charge is -2.50. The molecule has 1 amide bonds. The summed E-state index contributed by atoms with van der Waals surface area (Å²) in [6.07, 6.45) is 3.81. The quantitative estimate of drug-likeness (QED) is 0.101. The van der Waals surface area contributed by atoms with Crippen LogP contribution in [-0.2, 0) is 26.3 Å². The van der Waals surface area contributed by atoms with E-state index in [0.29, 0.717) is 17.0 Å². The lowest BCUT2D eigenvalue weighted by Crippen LogP contribution is -2.70. The highest BCUT2D eigenvalue weighted by atomic mass is 32.2. The number of thiocarbonyl (C=S) groups is 1. The van der Waals surface area contributed by atoms with Crippen LogP contribution in [0.1, 0.15) is 12.0 Å². The molecule has 192 valence electrons. The van der Waals surface area contributed by atoms with E-state index >= 15 is 0 Å². The second-order valence-corrected chi connectivity index (χ2v) is 11.7. The van der Waals surface area contributed by atoms with Crippen molar-refractivity contribution in [2.45, 2.75) is 34.7 Å². The molecule has 5 N–H and O–H groups in total. The number of fused-ring (bicyclic) bond motifs is 1. The van der Waals surface area contributed by atoms with Crippen LogP contribution in [0.15, 0.2) is 41.0 Å². The molecule has 0 spiro atoms. The van der Waals surface area contributed by atoms with Crippen LogP contribution in [0.2, 0.25) is 0 Å². The number of carboxylic acid groups (broad SMARTS) is 1. The van der Waals surface area contributed by atoms with Gasteiger partial charge < -0.3 is 10.4 Å². The Morgan fingerprint density at radius 3 is 2.89 bits per heavy atom. The van der Waals surface area contributed by atoms with E-state index < -0.39 is 38.8 Å². The van der Waals surface area contributed by atoms with E-state index in [2.05, 4.69) is 30.9 Å². The van der Waals surface area contributed by atoms with Crippen molar-refractivity contribution in [1.82, 2.24) is 40.5 Å². The van der Waals surface area contributed by atoms with Gasteiger partial charge in [0.1, 0.15) is 17.1 Å². The second kappa shape index (κ2) is 11.2. The number of rotatable bonds is 11. The predicted molar refractivity (Wildman–Crippen MR) is 133 cm³/mol. The van der Waals surface area contributed by atoms with Crippen LogP contribution in [0, 0.1) is 0 Å². The molecule has 36 heavy (non-hydrogen) atoms. The van der Waals surface area contributed by atoms with Gasteiger partial charge in [-0.3, -0.25) is 19.2 Å². The molecule has 14 nitrogen and oxygen atoms in total. The number of aromatic amines is 1. The summed E-state index contributed by atoms with van der Waals surface area (Å²) in [6.45, 7) is -0.177. The second-order valence-electron chi connectivity index (χ2n) is 7.64. The van der Waals surface area contributed by atoms with Crippen LogP contribution in [0.3, 0.4) is 0 Å². The molecular formula is C18H20N8O6S4. The van der Waals surface area contributed by atoms with Crippen molar-refractivity contribution in [3.05, 3.63) is 41.4 Å². The van der Waals surface area contributed by atoms with Crippen LogP contribution in [0.4, 0.5) is 0 Å². The number of β-lactam (4-membered cyclic amide) rings is 1. The topological polar surface area (TPSA) is 203 Å². The zero-order valence-electron chi connectivity index (χ0n) is 18.3. The number of nitrogens with zero attached hydrogens (tertiary/aromatic N) is 5. The van der Waals surface area contributed by atoms with Crippen molar-refractivity contribution in [2.24, 2.45) is 0 Å². The van der Waals surface area contributed by atoms with Crippen molar-refractivity contribution in [3.8, 4) is 0 Å². The lowest BCUT2D eigenvalue weighted by atomic mass is 10.00. The predicted octanol–water partition coefficient (Wildman–Crippen LogP) is -0.380. The molecule has 3 atom stereocenters. The van der Waals surface area contributed by atoms with Gasteiger partial charge in [-0.1, -0.05) is 30.0 Å². The maximum Gasteiger partial charge on any atom is 0.352 e. The molecule has 4 rings (SSSR count). The third-order valence-corrected chi connectivity index (χ3v) is 8.60. The number of carbonyl (C=O) groups excluding carboxylic acids is 1. The number of thioether (sulfide) groups is 2. The van der Waals surface area contributed by atoms with Gasteiger partial charge in [0.15, 0.2) is 0 Å². The van der Waals surface area contributed by atoms with Gasteiger partial charge in [0.2, 0.25) is 5.16 Å². The first-order valence-corrected chi connectivity index (χ1v) is 14.1. The Kier molecular flexibility index (Phi) is 8.20. The number of carbonyl (C=O) groups is 2. The summed E-state index contributed by atoms with van der Waals surface area (Å²) in [7, 11) is -4.43. The molecule has 0 saturated carbocycles. The Morgan fingerprint density at radius 1 is 1.44 bits per heavy atom. The number of aliphatic carboxylic acids is 1. The van der Waals surface area contributed by atoms with E-state index in [0.717, 1.165) is 17.3 Å². The maximum absolute atomic E-state index is 13.0. The van der Waals surface area contributed by atoms with Gasteiger partial charge in [0.05, 0.1) is 4.99 Å². The van der Waals surface area contributed by atoms with Crippen molar-refractivity contribution in [2.75, 3.05) is 12.3 Å². The Morgan fingerprint density at radius 2 is 2.25 bits per heavy atom. The zero-order chi connectivity index (χ0) is 25.9. The smallest absolute Gasteiger partial charge is 0.352 e. The van der Waals surface area contributed by atoms with Gasteiger partial charge in [-0.25, -0.2) is 9.89 Å². The molecule has 4 heterocycles. The fourth-order valence-corrected chi connectivity index (χ4v) is 6.98. The van der Waals surface area contributed by atoms with Crippen LogP contribution in [0.5, 0.6) is 0 Å². The Hall–Kier alpha value is -2.64. The standard InChI is InChI=1S/C18H20N8O6S4/c27-15-13(21-12(33)6-9-2-1-4-19-7-9)16-26(15)14(17(28)29)10(8-34-16)11(3-5-20-36(30,31)32)35-18-22-24-25-23-18/h1-2,4,7,11,13,16,20H,3,5-6,8H2,(H,21,33)(H,28,29)(H,30,31,32)(H,22,23,24,25)/t11?,13?,16-/m0/s1. The van der Waals surface area contributed by atoms with E-state index in [1.165, 1.54) is 16.7 Å². The van der Waals surface area contributed by atoms with Crippen LogP contribution >= 0.6 is 35.7 Å². The summed E-state index contributed by atoms with van der Waals surface area (Å²) in [5, 5.41) is 25.6. The molecule has 0 aliphatic carbocycles. The molecule has 18 heteroatoms. The number of pyridine rings is 1. The van der Waals surface area contributed by atoms with Gasteiger partial charge in [-0.2, -0.15) is 13.1 Å². The number of tetrazole rings is 1. The van der Waals surface area contributed by atoms with E-state index in [9.17, 15) is 23.1 Å². The summed E-state index contributed by atoms with van der Waals surface area (Å²) in [4.78, 5) is 31.0. The molecule has 0 radical (unpaired) electrons. The normalized spacial score (nSPS) is 20.5. The highest BCUT2D eigenvalue weighted by molar-refractivity contribution is 8.01. The van der Waals surface area contributed by atoms with E-state index in [1.807, 2.05) is 10.8 Å². The number of aromatic nitrogens is 5. The van der Waals surface area contributed by atoms with Crippen molar-refractivity contribution < 1.29 is 27.7 Å². The molecule has 0 aromatic carbocycles. The average Bonchev–Trinajstić information content (AvgIpc) is 3.34. The molecular weight excluding hydrogens is 553 g/mol. The SMILES string of the molecule is O=C(O)C1=C(C(CCNS(=O)(=O)O)Sc2nnn[nH]2)CS[C@H]2C(NC(=S)Cc3cccnc3)C(=O)N12. The summed E-state index contributed by atoms with van der Waals surface area (Å²) in [5.74, 6) is -1.46. The van der Waals surface area contributed by atoms with Crippen LogP contribution in [0.25, 0.3) is 0 Å². The fourth-order valence-electron chi connectivity index (χ4n) is 3.76. The largest absolute Gasteiger partial charge is 0.477 e. The van der Waals surface area contributed by atoms with Crippen molar-refractivity contribution >= 4 is 62.9 Å². The number of nitrogens with one attached hydrogen (secondary N) is 3. The Bertz CT molecular complexity index is 1270. The minimum Gasteiger partial charge on any atom is -0.477 e. The third kappa shape index (κ3) is 6.19. The minimum absolute atomic E-state index is 0.0986. The first kappa shape index (κ1) is 26.4. The highest BCUT2D eigenvalue weighted by Gasteiger charge is 2.54. The molecule has 2 aromatic rings. The van der Waals surface area contributed by atoms with Gasteiger partial charge >= 0.3 is 16.3 Å². The van der Waals surface area contributed by atoms with Gasteiger partial charge in [0.25, 0.3) is 5.91 Å². The molecule has 0 bridgehead atoms. The molecule has 2 aromatic heterocycles. The molecule has 2 aliphatic heterocycles. The number of carboxylic acids is 1. The fraction of sp³-hybridized carbons (Fsp3) is 0.389. The summed E-state index contributed by atoms with van der Waals surface area (Å²) in [6, 6.07) is 2.97. The first-order chi connectivity index (χ1) is 17.1. The Labute approximate surface area is 219 Å². The van der Waals surface area contributed by atoms with Crippen LogP contribution in [-0.4, -0.2) is 94.4 Å². The third-order valence-electron chi connectivity index (χ3n) is 5.26. The zero-order valence-corrected chi connectivity index (χ0v) is 21.5. The summed E-state index contributed by atoms with van der Waals surface area (Å²) in [5.41, 5.74) is 1.12. The molecule has 2 aliphatic rings. The summed E-state index contributed by atoms with van der Waals surface area (Å²) >= 11 is 7.86. The number of hydrogen-bond acceptors (Lipinski definition) is 11. The number of H-pyrrole nitrogens is 1. The number of amides is 1. The van der Waals surface area contributed by atoms with Gasteiger partial charge in [-0.05, 0) is 34.1 Å². The van der Waals surface area contributed by atoms with Crippen molar-refractivity contribution in [1.29, 1.82) is 0 Å². The van der Waals surface area contributed by atoms with Crippen LogP contribution < -0.4 is 10.0 Å². The van der Waals surface area contributed by atoms with E-state index in [4.69, 9.17) is 16.8 Å². The molecule has 1 fully saturated rings. The minimum atomic E-state index is -4.43. The average molecular weight is 573 g/mol. The summed E-state index contributed by atoms with van der Waals surface area (Å²) < 4.78 is 33.1. The molecule has 1 saturated heterocycles. The number of hydrogen-bond donors (Lipinski definition) is 5. The monoisotopic (exact) mass is 572 g/mol. The van der Waals surface area contributed by atoms with Crippen molar-refractivity contribution in [3.63, 3.8) is 0 Å². The van der Waals surface area contributed by atoms with E-state index in [1.54, 1.807) is 18.5 Å². The van der Waals surface area contributed by atoms with Gasteiger partial charge in [0, 0.05) is 36.4 Å². The highest BCUT2D eigenvalue weighted by Crippen LogP contribution is 2.44. The molecule has 2 unspecified atom stereocenters. The first-order valence-electron chi connectivity index (χ1n) is 10.4. The van der Waals surface area contributed by atoms with E-state index in [-0.39, 0.29) is 29.6 Å². The van der Waals surface area contributed by atoms with Gasteiger partial charge in [-0.15, -0.1) is 16.9 Å². The maximum atomic E-state index is 13.0. The Balaban J connectivity index is 1.52. The lowest BCUT2D eigenvalue weighted by molar-refractivity contribution is -0.148.